The van der Waals surface area contributed by atoms with Gasteiger partial charge in [-0.2, -0.15) is 0 Å². The fourth-order valence-corrected chi connectivity index (χ4v) is 0.407. The molecule has 0 amide bonds. The molecule has 9 heavy (non-hydrogen) atoms. The zero-order chi connectivity index (χ0) is 7.11. The van der Waals surface area contributed by atoms with E-state index < -0.39 is 0 Å². The topological polar surface area (TPSA) is 39.1 Å². The highest BCUT2D eigenvalue weighted by atomic mass is 15.1. The monoisotopic (exact) mass is 127 g/mol. The number of nitrogens with one attached hydrogen (secondary N) is 2. The molecular weight excluding hydrogens is 114 g/mol. The molecule has 0 bridgehead atoms. The maximum Gasteiger partial charge on any atom is 0.0517 e. The molecule has 0 aromatic carbocycles. The van der Waals surface area contributed by atoms with Crippen molar-refractivity contribution in [3.05, 3.63) is 12.4 Å². The van der Waals surface area contributed by atoms with Crippen molar-refractivity contribution in [3.63, 3.8) is 0 Å². The summed E-state index contributed by atoms with van der Waals surface area (Å²) in [4.78, 5) is 1.91. The van der Waals surface area contributed by atoms with Crippen molar-refractivity contribution < 1.29 is 0 Å². The molecular formula is C6H13N3. The average Bonchev–Trinajstić information content (AvgIpc) is 1.85. The van der Waals surface area contributed by atoms with E-state index in [-0.39, 0.29) is 0 Å². The number of hydrogen-bond acceptors (Lipinski definition) is 3. The van der Waals surface area contributed by atoms with Crippen LogP contribution in [0.5, 0.6) is 0 Å². The van der Waals surface area contributed by atoms with E-state index in [1.807, 2.05) is 31.4 Å². The fourth-order valence-electron chi connectivity index (χ4n) is 0.407. The van der Waals surface area contributed by atoms with E-state index in [0.717, 1.165) is 0 Å². The molecule has 0 saturated heterocycles. The first kappa shape index (κ1) is 8.01. The normalized spacial score (nSPS) is 9.56. The summed E-state index contributed by atoms with van der Waals surface area (Å²) in [7, 11) is 3.76. The van der Waals surface area contributed by atoms with Gasteiger partial charge in [0.2, 0.25) is 0 Å². The van der Waals surface area contributed by atoms with Crippen molar-refractivity contribution >= 4 is 6.21 Å². The third-order valence-electron chi connectivity index (χ3n) is 0.875. The summed E-state index contributed by atoms with van der Waals surface area (Å²) in [5, 5.41) is 9.61. The highest BCUT2D eigenvalue weighted by molar-refractivity contribution is 5.55. The van der Waals surface area contributed by atoms with Crippen LogP contribution in [-0.4, -0.2) is 31.8 Å². The second-order valence-corrected chi connectivity index (χ2v) is 1.75. The van der Waals surface area contributed by atoms with Crippen LogP contribution in [0.15, 0.2) is 12.4 Å². The Morgan fingerprint density at radius 3 is 2.78 bits per heavy atom. The van der Waals surface area contributed by atoms with Crippen LogP contribution in [0.3, 0.4) is 0 Å². The summed E-state index contributed by atoms with van der Waals surface area (Å²) in [6.07, 6.45) is 5.06. The second-order valence-electron chi connectivity index (χ2n) is 1.75. The van der Waals surface area contributed by atoms with Crippen LogP contribution in [0.2, 0.25) is 0 Å². The van der Waals surface area contributed by atoms with Gasteiger partial charge in [-0.25, -0.2) is 0 Å². The van der Waals surface area contributed by atoms with Crippen molar-refractivity contribution in [1.82, 2.24) is 10.2 Å². The first-order valence-corrected chi connectivity index (χ1v) is 2.84. The minimum atomic E-state index is 0.665. The summed E-state index contributed by atoms with van der Waals surface area (Å²) in [5.41, 5.74) is 0. The van der Waals surface area contributed by atoms with Gasteiger partial charge in [-0.3, -0.25) is 0 Å². The van der Waals surface area contributed by atoms with Gasteiger partial charge >= 0.3 is 0 Å². The Labute approximate surface area is 55.9 Å². The zero-order valence-corrected chi connectivity index (χ0v) is 5.89. The second kappa shape index (κ2) is 5.15. The third-order valence-corrected chi connectivity index (χ3v) is 0.875. The van der Waals surface area contributed by atoms with E-state index in [1.165, 1.54) is 6.21 Å². The maximum atomic E-state index is 6.75. The van der Waals surface area contributed by atoms with Crippen molar-refractivity contribution in [2.45, 2.75) is 0 Å². The number of hydrogen-bond donors (Lipinski definition) is 2. The molecule has 0 atom stereocenters. The molecule has 0 aliphatic carbocycles. The summed E-state index contributed by atoms with van der Waals surface area (Å²) in [6.45, 7) is 0.665. The first-order valence-electron chi connectivity index (χ1n) is 2.84. The quantitative estimate of drug-likeness (QED) is 0.532. The molecule has 2 N–H and O–H groups in total. The Balaban J connectivity index is 3.35. The van der Waals surface area contributed by atoms with Crippen molar-refractivity contribution in [2.75, 3.05) is 20.6 Å². The number of nitrogens with zero attached hydrogens (tertiary/aromatic N) is 1. The molecule has 0 unspecified atom stereocenters. The minimum Gasteiger partial charge on any atom is -0.393 e. The molecule has 0 aromatic heterocycles. The van der Waals surface area contributed by atoms with Gasteiger partial charge in [-0.05, 0) is 0 Å². The summed E-state index contributed by atoms with van der Waals surface area (Å²) >= 11 is 0. The molecule has 0 radical (unpaired) electrons. The summed E-state index contributed by atoms with van der Waals surface area (Å²) in [6, 6.07) is 0. The molecule has 0 aliphatic heterocycles. The van der Waals surface area contributed by atoms with Crippen LogP contribution in [-0.2, 0) is 0 Å². The van der Waals surface area contributed by atoms with E-state index in [2.05, 4.69) is 5.32 Å². The van der Waals surface area contributed by atoms with Gasteiger partial charge in [0.1, 0.15) is 0 Å². The van der Waals surface area contributed by atoms with Crippen LogP contribution >= 0.6 is 0 Å². The van der Waals surface area contributed by atoms with E-state index in [0.29, 0.717) is 6.54 Å². The Bertz CT molecular complexity index is 98.5. The standard InChI is InChI=1S/C6H13N3/c1-8-4-6-9(2)5-3-7/h3-4,6-8H,5H2,1-2H3/b6-4-,7-3?. The Hall–Kier alpha value is -0.990. The minimum absolute atomic E-state index is 0.665. The van der Waals surface area contributed by atoms with Crippen molar-refractivity contribution in [2.24, 2.45) is 0 Å². The highest BCUT2D eigenvalue weighted by Crippen LogP contribution is 1.77. The van der Waals surface area contributed by atoms with Crippen LogP contribution < -0.4 is 5.32 Å². The predicted molar refractivity (Wildman–Crippen MR) is 39.6 cm³/mol. The lowest BCUT2D eigenvalue weighted by Crippen LogP contribution is -2.13. The maximum absolute atomic E-state index is 6.75. The lowest BCUT2D eigenvalue weighted by atomic mass is 10.6. The number of rotatable bonds is 4. The zero-order valence-electron chi connectivity index (χ0n) is 5.89. The Morgan fingerprint density at radius 2 is 2.33 bits per heavy atom. The van der Waals surface area contributed by atoms with Gasteiger partial charge in [0, 0.05) is 32.7 Å². The average molecular weight is 127 g/mol. The van der Waals surface area contributed by atoms with Crippen LogP contribution in [0.25, 0.3) is 0 Å². The summed E-state index contributed by atoms with van der Waals surface area (Å²) < 4.78 is 0. The van der Waals surface area contributed by atoms with Crippen molar-refractivity contribution in [3.8, 4) is 0 Å². The van der Waals surface area contributed by atoms with Gasteiger partial charge in [0.15, 0.2) is 0 Å². The lowest BCUT2D eigenvalue weighted by molar-refractivity contribution is 0.525. The molecule has 0 heterocycles. The molecule has 3 heteroatoms. The first-order chi connectivity index (χ1) is 4.31. The van der Waals surface area contributed by atoms with Gasteiger partial charge in [-0.15, -0.1) is 0 Å². The van der Waals surface area contributed by atoms with E-state index in [9.17, 15) is 0 Å². The smallest absolute Gasteiger partial charge is 0.0517 e. The molecule has 0 aliphatic rings. The van der Waals surface area contributed by atoms with Crippen LogP contribution in [0.1, 0.15) is 0 Å². The highest BCUT2D eigenvalue weighted by Gasteiger charge is 1.81. The molecule has 0 rings (SSSR count). The fraction of sp³-hybridized carbons (Fsp3) is 0.500. The predicted octanol–water partition coefficient (Wildman–Crippen LogP) is 0.258. The third kappa shape index (κ3) is 4.87. The van der Waals surface area contributed by atoms with Crippen LogP contribution in [0.4, 0.5) is 0 Å². The van der Waals surface area contributed by atoms with Gasteiger partial charge < -0.3 is 15.6 Å². The Kier molecular flexibility index (Phi) is 4.59. The largest absolute Gasteiger partial charge is 0.393 e. The molecule has 52 valence electrons. The lowest BCUT2D eigenvalue weighted by Gasteiger charge is -2.08. The molecule has 0 aromatic rings. The molecule has 3 nitrogen and oxygen atoms in total. The van der Waals surface area contributed by atoms with Gasteiger partial charge in [0.05, 0.1) is 6.54 Å². The molecule has 0 fully saturated rings. The van der Waals surface area contributed by atoms with Crippen molar-refractivity contribution in [1.29, 1.82) is 5.41 Å². The summed E-state index contributed by atoms with van der Waals surface area (Å²) in [5.74, 6) is 0. The SMILES string of the molecule is CN/C=C\N(C)CC=N. The molecule has 0 saturated carbocycles. The molecule has 0 spiro atoms. The Morgan fingerprint density at radius 1 is 1.67 bits per heavy atom. The van der Waals surface area contributed by atoms with Crippen LogP contribution in [0, 0.1) is 5.41 Å². The van der Waals surface area contributed by atoms with Gasteiger partial charge in [-0.1, -0.05) is 0 Å². The van der Waals surface area contributed by atoms with E-state index in [4.69, 9.17) is 5.41 Å². The van der Waals surface area contributed by atoms with E-state index in [1.54, 1.807) is 0 Å². The van der Waals surface area contributed by atoms with E-state index >= 15 is 0 Å². The van der Waals surface area contributed by atoms with Gasteiger partial charge in [0.25, 0.3) is 0 Å².